The molecule has 35 heavy (non-hydrogen) atoms. The molecule has 0 bridgehead atoms. The zero-order valence-electron chi connectivity index (χ0n) is 21.8. The summed E-state index contributed by atoms with van der Waals surface area (Å²) >= 11 is 0. The number of ether oxygens (including phenoxy) is 2. The third kappa shape index (κ3) is 13.9. The first-order valence-electron chi connectivity index (χ1n) is 13.7. The number of unbranched alkanes of at least 4 members (excludes halogenated alkanes) is 11. The van der Waals surface area contributed by atoms with Crippen LogP contribution in [0.4, 0.5) is 0 Å². The molecule has 1 aliphatic heterocycles. The summed E-state index contributed by atoms with van der Waals surface area (Å²) in [7, 11) is 0. The van der Waals surface area contributed by atoms with Crippen molar-refractivity contribution in [3.05, 3.63) is 0 Å². The fourth-order valence-electron chi connectivity index (χ4n) is 4.35. The third-order valence-electron chi connectivity index (χ3n) is 6.71. The van der Waals surface area contributed by atoms with Gasteiger partial charge < -0.3 is 40.3 Å². The van der Waals surface area contributed by atoms with E-state index in [1.165, 1.54) is 64.7 Å². The summed E-state index contributed by atoms with van der Waals surface area (Å²) < 4.78 is 10.9. The van der Waals surface area contributed by atoms with Crippen molar-refractivity contribution in [3.63, 3.8) is 0 Å². The summed E-state index contributed by atoms with van der Waals surface area (Å²) in [6, 6.07) is 0. The van der Waals surface area contributed by atoms with Crippen molar-refractivity contribution >= 4 is 5.91 Å². The molecule has 0 aliphatic carbocycles. The lowest BCUT2D eigenvalue weighted by atomic mass is 9.98. The molecule has 1 aliphatic rings. The molecule has 0 spiro atoms. The molecule has 1 saturated heterocycles. The van der Waals surface area contributed by atoms with Crippen LogP contribution in [0.3, 0.4) is 0 Å². The molecule has 0 aromatic heterocycles. The molecule has 0 aromatic carbocycles. The van der Waals surface area contributed by atoms with E-state index in [4.69, 9.17) is 9.47 Å². The van der Waals surface area contributed by atoms with Gasteiger partial charge in [0, 0.05) is 13.5 Å². The fraction of sp³-hybridized carbons (Fsp3) is 0.962. The number of hydrogen-bond donors (Lipinski definition) is 6. The van der Waals surface area contributed by atoms with E-state index >= 15 is 0 Å². The maximum absolute atomic E-state index is 11.1. The molecule has 0 saturated carbocycles. The standard InChI is InChI=1S/C26H51NO8/c1-3-4-5-6-7-8-9-10-11-12-13-14-15-20(29)21(30)16-17-34-26-25(33)24(32)23(31)22(35-26)18-27-19(2)28/h20-26,29-33H,3-18H2,1-2H3,(H,27,28). The number of aliphatic hydroxyl groups is 5. The maximum Gasteiger partial charge on any atom is 0.216 e. The second-order valence-corrected chi connectivity index (χ2v) is 9.92. The van der Waals surface area contributed by atoms with Crippen LogP contribution < -0.4 is 5.32 Å². The van der Waals surface area contributed by atoms with Crippen LogP contribution in [0.1, 0.15) is 104 Å². The van der Waals surface area contributed by atoms with E-state index in [1.54, 1.807) is 0 Å². The minimum absolute atomic E-state index is 0.00588. The highest BCUT2D eigenvalue weighted by Crippen LogP contribution is 2.22. The largest absolute Gasteiger partial charge is 0.390 e. The van der Waals surface area contributed by atoms with Crippen molar-refractivity contribution < 1.29 is 39.8 Å². The molecular formula is C26H51NO8. The van der Waals surface area contributed by atoms with Crippen LogP contribution in [0.15, 0.2) is 0 Å². The maximum atomic E-state index is 11.1. The van der Waals surface area contributed by atoms with Gasteiger partial charge in [0.2, 0.25) is 5.91 Å². The smallest absolute Gasteiger partial charge is 0.216 e. The summed E-state index contributed by atoms with van der Waals surface area (Å²) in [6.07, 6.45) is 7.21. The molecule has 7 unspecified atom stereocenters. The average Bonchev–Trinajstić information content (AvgIpc) is 2.83. The van der Waals surface area contributed by atoms with Crippen LogP contribution in [0.5, 0.6) is 0 Å². The van der Waals surface area contributed by atoms with Crippen molar-refractivity contribution in [2.75, 3.05) is 13.2 Å². The highest BCUT2D eigenvalue weighted by Gasteiger charge is 2.44. The Balaban J connectivity index is 2.12. The van der Waals surface area contributed by atoms with E-state index in [2.05, 4.69) is 12.2 Å². The SMILES string of the molecule is CCCCCCCCCCCCCCC(O)C(O)CCOC1OC(CNC(C)=O)C(O)C(O)C1O. The summed E-state index contributed by atoms with van der Waals surface area (Å²) in [5.74, 6) is -0.316. The van der Waals surface area contributed by atoms with Gasteiger partial charge in [0.1, 0.15) is 24.4 Å². The minimum Gasteiger partial charge on any atom is -0.390 e. The number of amides is 1. The molecule has 1 rings (SSSR count). The Morgan fingerprint density at radius 3 is 1.86 bits per heavy atom. The van der Waals surface area contributed by atoms with Crippen molar-refractivity contribution in [3.8, 4) is 0 Å². The van der Waals surface area contributed by atoms with E-state index in [1.807, 2.05) is 0 Å². The Labute approximate surface area is 211 Å². The van der Waals surface area contributed by atoms with Gasteiger partial charge in [-0.1, -0.05) is 84.0 Å². The summed E-state index contributed by atoms with van der Waals surface area (Å²) in [4.78, 5) is 11.1. The number of nitrogens with one attached hydrogen (secondary N) is 1. The van der Waals surface area contributed by atoms with Gasteiger partial charge >= 0.3 is 0 Å². The average molecular weight is 506 g/mol. The second-order valence-electron chi connectivity index (χ2n) is 9.92. The number of carbonyl (C=O) groups excluding carboxylic acids is 1. The zero-order chi connectivity index (χ0) is 26.1. The molecule has 0 aromatic rings. The molecular weight excluding hydrogens is 454 g/mol. The fourth-order valence-corrected chi connectivity index (χ4v) is 4.35. The molecule has 1 amide bonds. The molecule has 9 heteroatoms. The first-order valence-corrected chi connectivity index (χ1v) is 13.7. The Kier molecular flexibility index (Phi) is 17.8. The second kappa shape index (κ2) is 19.3. The molecule has 1 heterocycles. The van der Waals surface area contributed by atoms with E-state index < -0.39 is 42.9 Å². The van der Waals surface area contributed by atoms with Crippen LogP contribution in [0.25, 0.3) is 0 Å². The highest BCUT2D eigenvalue weighted by molar-refractivity contribution is 5.72. The quantitative estimate of drug-likeness (QED) is 0.138. The topological polar surface area (TPSA) is 149 Å². The van der Waals surface area contributed by atoms with Gasteiger partial charge in [-0.05, 0) is 12.8 Å². The van der Waals surface area contributed by atoms with E-state index in [0.717, 1.165) is 19.3 Å². The zero-order valence-corrected chi connectivity index (χ0v) is 21.8. The number of hydrogen-bond acceptors (Lipinski definition) is 8. The molecule has 1 fully saturated rings. The van der Waals surface area contributed by atoms with E-state index in [9.17, 15) is 30.3 Å². The summed E-state index contributed by atoms with van der Waals surface area (Å²) in [5, 5.41) is 53.1. The summed E-state index contributed by atoms with van der Waals surface area (Å²) in [5.41, 5.74) is 0. The number of aliphatic hydroxyl groups excluding tert-OH is 5. The van der Waals surface area contributed by atoms with Gasteiger partial charge in [0.25, 0.3) is 0 Å². The highest BCUT2D eigenvalue weighted by atomic mass is 16.7. The van der Waals surface area contributed by atoms with Crippen molar-refractivity contribution in [1.29, 1.82) is 0 Å². The van der Waals surface area contributed by atoms with Crippen LogP contribution in [-0.2, 0) is 14.3 Å². The molecule has 6 N–H and O–H groups in total. The Hall–Kier alpha value is -0.810. The van der Waals surface area contributed by atoms with Gasteiger partial charge in [-0.25, -0.2) is 0 Å². The first-order chi connectivity index (χ1) is 16.8. The van der Waals surface area contributed by atoms with Gasteiger partial charge in [0.05, 0.1) is 18.8 Å². The van der Waals surface area contributed by atoms with Crippen LogP contribution in [0, 0.1) is 0 Å². The van der Waals surface area contributed by atoms with Gasteiger partial charge in [0.15, 0.2) is 6.29 Å². The molecule has 9 nitrogen and oxygen atoms in total. The van der Waals surface area contributed by atoms with E-state index in [0.29, 0.717) is 6.42 Å². The lowest BCUT2D eigenvalue weighted by Gasteiger charge is -2.40. The first kappa shape index (κ1) is 32.2. The van der Waals surface area contributed by atoms with E-state index in [-0.39, 0.29) is 25.5 Å². The lowest BCUT2D eigenvalue weighted by molar-refractivity contribution is -0.296. The third-order valence-corrected chi connectivity index (χ3v) is 6.71. The van der Waals surface area contributed by atoms with Crippen molar-refractivity contribution in [2.24, 2.45) is 0 Å². The lowest BCUT2D eigenvalue weighted by Crippen LogP contribution is -2.60. The minimum atomic E-state index is -1.49. The van der Waals surface area contributed by atoms with Gasteiger partial charge in [-0.2, -0.15) is 0 Å². The Bertz CT molecular complexity index is 537. The molecule has 7 atom stereocenters. The van der Waals surface area contributed by atoms with Crippen LogP contribution in [0.2, 0.25) is 0 Å². The number of carbonyl (C=O) groups is 1. The summed E-state index contributed by atoms with van der Waals surface area (Å²) in [6.45, 7) is 3.51. The Morgan fingerprint density at radius 1 is 0.800 bits per heavy atom. The Morgan fingerprint density at radius 2 is 1.31 bits per heavy atom. The van der Waals surface area contributed by atoms with Crippen molar-refractivity contribution in [2.45, 2.75) is 147 Å². The van der Waals surface area contributed by atoms with Crippen LogP contribution in [-0.4, -0.2) is 87.5 Å². The number of rotatable bonds is 20. The van der Waals surface area contributed by atoms with Gasteiger partial charge in [-0.3, -0.25) is 4.79 Å². The molecule has 208 valence electrons. The normalized spacial score (nSPS) is 26.4. The predicted octanol–water partition coefficient (Wildman–Crippen LogP) is 2.15. The predicted molar refractivity (Wildman–Crippen MR) is 134 cm³/mol. The van der Waals surface area contributed by atoms with Crippen molar-refractivity contribution in [1.82, 2.24) is 5.32 Å². The monoisotopic (exact) mass is 505 g/mol. The van der Waals surface area contributed by atoms with Gasteiger partial charge in [-0.15, -0.1) is 0 Å². The molecule has 0 radical (unpaired) electrons. The van der Waals surface area contributed by atoms with Crippen LogP contribution >= 0.6 is 0 Å².